The Morgan fingerprint density at radius 2 is 2.26 bits per heavy atom. The van der Waals surface area contributed by atoms with Gasteiger partial charge in [-0.2, -0.15) is 4.99 Å². The summed E-state index contributed by atoms with van der Waals surface area (Å²) in [7, 11) is 0. The van der Waals surface area contributed by atoms with Gasteiger partial charge in [-0.15, -0.1) is 16.8 Å². The number of nitrogens with zero attached hydrogens (tertiary/aromatic N) is 5. The van der Waals surface area contributed by atoms with E-state index in [1.807, 2.05) is 25.1 Å². The number of carbonyl (C=O) groups excluding carboxylic acids is 1. The maximum absolute atomic E-state index is 12.6. The van der Waals surface area contributed by atoms with Crippen LogP contribution >= 0.6 is 23.1 Å². The fourth-order valence-corrected chi connectivity index (χ4v) is 3.48. The average molecular weight is 343 g/mol. The molecule has 0 radical (unpaired) electrons. The van der Waals surface area contributed by atoms with Crippen LogP contribution in [0.15, 0.2) is 46.9 Å². The van der Waals surface area contributed by atoms with Crippen LogP contribution in [0, 0.1) is 6.92 Å². The molecule has 8 heteroatoms. The summed E-state index contributed by atoms with van der Waals surface area (Å²) in [5.41, 5.74) is 0.731. The molecule has 23 heavy (non-hydrogen) atoms. The van der Waals surface area contributed by atoms with Gasteiger partial charge in [-0.3, -0.25) is 14.7 Å². The molecule has 0 saturated carbocycles. The van der Waals surface area contributed by atoms with Crippen molar-refractivity contribution in [1.82, 2.24) is 20.1 Å². The fraction of sp³-hybridized carbons (Fsp3) is 0.133. The molecule has 0 spiro atoms. The summed E-state index contributed by atoms with van der Waals surface area (Å²) in [6, 6.07) is 5.56. The number of aromatic nitrogens is 3. The first-order valence-electron chi connectivity index (χ1n) is 6.79. The van der Waals surface area contributed by atoms with Gasteiger partial charge in [0.05, 0.1) is 10.6 Å². The highest BCUT2D eigenvalue weighted by molar-refractivity contribution is 8.18. The van der Waals surface area contributed by atoms with Crippen LogP contribution in [0.1, 0.15) is 10.7 Å². The molecule has 1 amide bonds. The zero-order chi connectivity index (χ0) is 16.2. The predicted molar refractivity (Wildman–Crippen MR) is 93.5 cm³/mol. The molecule has 0 N–H and O–H groups in total. The van der Waals surface area contributed by atoms with Crippen LogP contribution in [-0.2, 0) is 4.79 Å². The summed E-state index contributed by atoms with van der Waals surface area (Å²) in [4.78, 5) is 23.4. The molecule has 1 aliphatic heterocycles. The Hall–Kier alpha value is -2.32. The second-order valence-electron chi connectivity index (χ2n) is 4.57. The lowest BCUT2D eigenvalue weighted by molar-refractivity contribution is -0.121. The first-order chi connectivity index (χ1) is 11.2. The Bertz CT molecular complexity index is 797. The van der Waals surface area contributed by atoms with Gasteiger partial charge in [-0.1, -0.05) is 23.5 Å². The third-order valence-electron chi connectivity index (χ3n) is 2.87. The van der Waals surface area contributed by atoms with E-state index in [1.165, 1.54) is 23.1 Å². The molecule has 6 nitrogen and oxygen atoms in total. The Balaban J connectivity index is 1.94. The summed E-state index contributed by atoms with van der Waals surface area (Å²) in [5, 5.41) is 9.86. The molecule has 0 unspecified atom stereocenters. The van der Waals surface area contributed by atoms with Crippen molar-refractivity contribution >= 4 is 45.4 Å². The van der Waals surface area contributed by atoms with E-state index in [1.54, 1.807) is 23.2 Å². The third-order valence-corrected chi connectivity index (χ3v) is 4.61. The van der Waals surface area contributed by atoms with Crippen LogP contribution in [0.4, 0.5) is 5.13 Å². The summed E-state index contributed by atoms with van der Waals surface area (Å²) < 4.78 is 0. The Labute approximate surface area is 141 Å². The number of hydrogen-bond donors (Lipinski definition) is 0. The van der Waals surface area contributed by atoms with Crippen molar-refractivity contribution in [3.05, 3.63) is 52.7 Å². The van der Waals surface area contributed by atoms with E-state index < -0.39 is 0 Å². The van der Waals surface area contributed by atoms with Crippen molar-refractivity contribution < 1.29 is 4.79 Å². The minimum atomic E-state index is -0.111. The monoisotopic (exact) mass is 343 g/mol. The number of carbonyl (C=O) groups is 1. The normalized spacial score (nSPS) is 18.1. The van der Waals surface area contributed by atoms with Crippen molar-refractivity contribution in [3.8, 4) is 0 Å². The first-order valence-corrected chi connectivity index (χ1v) is 8.43. The lowest BCUT2D eigenvalue weighted by Crippen LogP contribution is -2.29. The van der Waals surface area contributed by atoms with Crippen LogP contribution < -0.4 is 0 Å². The third kappa shape index (κ3) is 3.54. The van der Waals surface area contributed by atoms with Gasteiger partial charge in [0.1, 0.15) is 5.01 Å². The quantitative estimate of drug-likeness (QED) is 0.630. The zero-order valence-electron chi connectivity index (χ0n) is 12.3. The molecule has 1 fully saturated rings. The smallest absolute Gasteiger partial charge is 0.267 e. The standard InChI is InChI=1S/C15H13N5OS2/c1-3-8-20-13(21)12(9-11-6-4-5-7-16-11)23-15(20)17-14-19-18-10(2)22-14/h3-7,9H,1,8H2,2H3/b12-9-,17-15+. The van der Waals surface area contributed by atoms with E-state index in [4.69, 9.17) is 0 Å². The molecule has 1 saturated heterocycles. The van der Waals surface area contributed by atoms with Crippen molar-refractivity contribution in [1.29, 1.82) is 0 Å². The molecule has 1 aliphatic rings. The maximum Gasteiger partial charge on any atom is 0.267 e. The number of amides is 1. The number of aryl methyl sites for hydroxylation is 1. The van der Waals surface area contributed by atoms with Gasteiger partial charge >= 0.3 is 0 Å². The molecule has 0 atom stereocenters. The van der Waals surface area contributed by atoms with Crippen molar-refractivity contribution in [2.24, 2.45) is 4.99 Å². The highest BCUT2D eigenvalue weighted by atomic mass is 32.2. The lowest BCUT2D eigenvalue weighted by atomic mass is 10.3. The molecule has 116 valence electrons. The Morgan fingerprint density at radius 3 is 2.91 bits per heavy atom. The first kappa shape index (κ1) is 15.6. The lowest BCUT2D eigenvalue weighted by Gasteiger charge is -2.11. The summed E-state index contributed by atoms with van der Waals surface area (Å²) in [5.74, 6) is -0.111. The van der Waals surface area contributed by atoms with E-state index >= 15 is 0 Å². The van der Waals surface area contributed by atoms with Crippen LogP contribution in [0.25, 0.3) is 6.08 Å². The summed E-state index contributed by atoms with van der Waals surface area (Å²) >= 11 is 2.69. The highest BCUT2D eigenvalue weighted by Crippen LogP contribution is 2.34. The highest BCUT2D eigenvalue weighted by Gasteiger charge is 2.33. The fourth-order valence-electron chi connectivity index (χ4n) is 1.89. The minimum absolute atomic E-state index is 0.111. The average Bonchev–Trinajstić information content (AvgIpc) is 3.08. The Kier molecular flexibility index (Phi) is 4.63. The van der Waals surface area contributed by atoms with E-state index in [9.17, 15) is 4.79 Å². The van der Waals surface area contributed by atoms with Crippen LogP contribution in [0.2, 0.25) is 0 Å². The van der Waals surface area contributed by atoms with Gasteiger partial charge in [0, 0.05) is 12.7 Å². The predicted octanol–water partition coefficient (Wildman–Crippen LogP) is 3.03. The Morgan fingerprint density at radius 1 is 1.39 bits per heavy atom. The van der Waals surface area contributed by atoms with Gasteiger partial charge in [0.25, 0.3) is 5.91 Å². The van der Waals surface area contributed by atoms with Crippen LogP contribution in [0.5, 0.6) is 0 Å². The van der Waals surface area contributed by atoms with Crippen molar-refractivity contribution in [2.75, 3.05) is 6.54 Å². The number of hydrogen-bond acceptors (Lipinski definition) is 7. The molecule has 3 heterocycles. The maximum atomic E-state index is 12.6. The molecular formula is C15H13N5OS2. The van der Waals surface area contributed by atoms with Crippen LogP contribution in [0.3, 0.4) is 0 Å². The summed E-state index contributed by atoms with van der Waals surface area (Å²) in [6.45, 7) is 5.95. The minimum Gasteiger partial charge on any atom is -0.282 e. The van der Waals surface area contributed by atoms with E-state index in [-0.39, 0.29) is 5.91 Å². The zero-order valence-corrected chi connectivity index (χ0v) is 14.0. The molecule has 3 rings (SSSR count). The van der Waals surface area contributed by atoms with Gasteiger partial charge in [0.2, 0.25) is 5.13 Å². The number of amidine groups is 1. The molecule has 0 aromatic carbocycles. The second-order valence-corrected chi connectivity index (χ2v) is 6.74. The van der Waals surface area contributed by atoms with Gasteiger partial charge in [0.15, 0.2) is 5.17 Å². The van der Waals surface area contributed by atoms with Crippen molar-refractivity contribution in [3.63, 3.8) is 0 Å². The molecule has 0 bridgehead atoms. The number of pyridine rings is 1. The SMILES string of the molecule is C=CCN1C(=O)/C(=C/c2ccccn2)S/C1=N/c1nnc(C)s1. The van der Waals surface area contributed by atoms with Crippen LogP contribution in [-0.4, -0.2) is 37.7 Å². The van der Waals surface area contributed by atoms with Crippen molar-refractivity contribution in [2.45, 2.75) is 6.92 Å². The summed E-state index contributed by atoms with van der Waals surface area (Å²) in [6.07, 6.45) is 5.12. The molecule has 2 aromatic rings. The number of rotatable bonds is 4. The van der Waals surface area contributed by atoms with E-state index in [0.717, 1.165) is 10.7 Å². The second kappa shape index (κ2) is 6.84. The van der Waals surface area contributed by atoms with E-state index in [0.29, 0.717) is 21.7 Å². The molecule has 2 aromatic heterocycles. The molecule has 0 aliphatic carbocycles. The van der Waals surface area contributed by atoms with Gasteiger partial charge in [-0.25, -0.2) is 0 Å². The van der Waals surface area contributed by atoms with Gasteiger partial charge in [-0.05, 0) is 36.9 Å². The van der Waals surface area contributed by atoms with Gasteiger partial charge < -0.3 is 0 Å². The molecular weight excluding hydrogens is 330 g/mol. The van der Waals surface area contributed by atoms with E-state index in [2.05, 4.69) is 26.8 Å². The topological polar surface area (TPSA) is 71.3 Å². The largest absolute Gasteiger partial charge is 0.282 e. The number of thioether (sulfide) groups is 1. The number of aliphatic imine (C=N–C) groups is 1.